The number of para-hydroxylation sites is 1. The zero-order chi connectivity index (χ0) is 20.7. The van der Waals surface area contributed by atoms with E-state index in [1.807, 2.05) is 0 Å². The van der Waals surface area contributed by atoms with Crippen LogP contribution in [0, 0.1) is 5.41 Å². The van der Waals surface area contributed by atoms with Crippen LogP contribution in [-0.2, 0) is 4.74 Å². The zero-order valence-corrected chi connectivity index (χ0v) is 18.1. The predicted octanol–water partition coefficient (Wildman–Crippen LogP) is 3.48. The van der Waals surface area contributed by atoms with Gasteiger partial charge in [0.05, 0.1) is 13.2 Å². The highest BCUT2D eigenvalue weighted by Gasteiger charge is 2.50. The standard InChI is InChI=1S/C24H32N4O3/c1-2-4-22(31-20-8-12-29-14-20)21(3-1)18-6-10-27(11-7-18)19-5-9-24(13-19)15-28(16-24)23-26-25-17-30-23/h1-4,17-20H,5-16H2. The van der Waals surface area contributed by atoms with E-state index in [9.17, 15) is 0 Å². The molecule has 7 heteroatoms. The number of piperidine rings is 1. The zero-order valence-electron chi connectivity index (χ0n) is 18.1. The molecule has 3 aliphatic heterocycles. The molecule has 1 saturated carbocycles. The average Bonchev–Trinajstić information content (AvgIpc) is 3.54. The van der Waals surface area contributed by atoms with Crippen molar-refractivity contribution in [3.8, 4) is 5.75 Å². The van der Waals surface area contributed by atoms with Gasteiger partial charge >= 0.3 is 6.01 Å². The first-order valence-electron chi connectivity index (χ1n) is 11.9. The average molecular weight is 425 g/mol. The van der Waals surface area contributed by atoms with Gasteiger partial charge in [-0.2, -0.15) is 0 Å². The Morgan fingerprint density at radius 2 is 1.94 bits per heavy atom. The second-order valence-electron chi connectivity index (χ2n) is 9.93. The van der Waals surface area contributed by atoms with Crippen LogP contribution in [0.15, 0.2) is 35.1 Å². The third kappa shape index (κ3) is 3.82. The Morgan fingerprint density at radius 3 is 2.71 bits per heavy atom. The Morgan fingerprint density at radius 1 is 1.06 bits per heavy atom. The summed E-state index contributed by atoms with van der Waals surface area (Å²) >= 11 is 0. The lowest BCUT2D eigenvalue weighted by Crippen LogP contribution is -2.56. The van der Waals surface area contributed by atoms with Crippen LogP contribution < -0.4 is 9.64 Å². The first kappa shape index (κ1) is 19.6. The largest absolute Gasteiger partial charge is 0.488 e. The van der Waals surface area contributed by atoms with Crippen molar-refractivity contribution in [3.63, 3.8) is 0 Å². The van der Waals surface area contributed by atoms with Gasteiger partial charge in [0.1, 0.15) is 11.9 Å². The Labute approximate surface area is 183 Å². The first-order chi connectivity index (χ1) is 15.3. The van der Waals surface area contributed by atoms with Crippen LogP contribution in [0.1, 0.15) is 50.0 Å². The maximum absolute atomic E-state index is 6.32. The van der Waals surface area contributed by atoms with Crippen LogP contribution in [0.3, 0.4) is 0 Å². The summed E-state index contributed by atoms with van der Waals surface area (Å²) in [5, 5.41) is 7.87. The Bertz CT molecular complexity index is 869. The van der Waals surface area contributed by atoms with Crippen molar-refractivity contribution >= 4 is 6.01 Å². The van der Waals surface area contributed by atoms with E-state index in [1.165, 1.54) is 57.2 Å². The van der Waals surface area contributed by atoms with E-state index in [2.05, 4.69) is 44.3 Å². The number of hydrogen-bond donors (Lipinski definition) is 0. The van der Waals surface area contributed by atoms with E-state index >= 15 is 0 Å². The van der Waals surface area contributed by atoms with Gasteiger partial charge in [-0.15, -0.1) is 5.10 Å². The third-order valence-corrected chi connectivity index (χ3v) is 7.93. The van der Waals surface area contributed by atoms with Crippen molar-refractivity contribution in [1.82, 2.24) is 15.1 Å². The van der Waals surface area contributed by atoms with Crippen molar-refractivity contribution in [3.05, 3.63) is 36.2 Å². The van der Waals surface area contributed by atoms with Gasteiger partial charge in [0.2, 0.25) is 6.39 Å². The molecule has 1 aromatic carbocycles. The topological polar surface area (TPSA) is 63.9 Å². The molecule has 2 aromatic rings. The smallest absolute Gasteiger partial charge is 0.317 e. The molecule has 0 radical (unpaired) electrons. The highest BCUT2D eigenvalue weighted by molar-refractivity contribution is 5.37. The molecule has 1 aromatic heterocycles. The number of ether oxygens (including phenoxy) is 2. The van der Waals surface area contributed by atoms with Gasteiger partial charge < -0.3 is 23.7 Å². The Hall–Kier alpha value is -2.12. The van der Waals surface area contributed by atoms with Crippen LogP contribution in [0.2, 0.25) is 0 Å². The molecule has 3 saturated heterocycles. The van der Waals surface area contributed by atoms with Crippen LogP contribution in [0.25, 0.3) is 0 Å². The van der Waals surface area contributed by atoms with Gasteiger partial charge in [-0.25, -0.2) is 0 Å². The van der Waals surface area contributed by atoms with Crippen molar-refractivity contribution in [2.75, 3.05) is 44.3 Å². The van der Waals surface area contributed by atoms with Crippen LogP contribution in [0.4, 0.5) is 6.01 Å². The fraction of sp³-hybridized carbons (Fsp3) is 0.667. The van der Waals surface area contributed by atoms with Gasteiger partial charge in [0, 0.05) is 31.0 Å². The summed E-state index contributed by atoms with van der Waals surface area (Å²) in [5.41, 5.74) is 1.85. The number of likely N-dealkylation sites (tertiary alicyclic amines) is 1. The number of aromatic nitrogens is 2. The minimum absolute atomic E-state index is 0.213. The molecular formula is C24H32N4O3. The van der Waals surface area contributed by atoms with Gasteiger partial charge in [0.25, 0.3) is 0 Å². The van der Waals surface area contributed by atoms with Gasteiger partial charge in [0.15, 0.2) is 0 Å². The lowest BCUT2D eigenvalue weighted by molar-refractivity contribution is 0.126. The van der Waals surface area contributed by atoms with Crippen molar-refractivity contribution in [2.45, 2.75) is 56.6 Å². The molecule has 31 heavy (non-hydrogen) atoms. The molecular weight excluding hydrogens is 392 g/mol. The van der Waals surface area contributed by atoms with E-state index in [0.717, 1.165) is 44.5 Å². The van der Waals surface area contributed by atoms with Crippen LogP contribution in [-0.4, -0.2) is 66.6 Å². The van der Waals surface area contributed by atoms with Crippen LogP contribution in [0.5, 0.6) is 5.75 Å². The molecule has 4 aliphatic rings. The molecule has 2 unspecified atom stereocenters. The lowest BCUT2D eigenvalue weighted by atomic mass is 9.78. The fourth-order valence-electron chi connectivity index (χ4n) is 6.27. The van der Waals surface area contributed by atoms with E-state index in [0.29, 0.717) is 17.3 Å². The monoisotopic (exact) mass is 424 g/mol. The molecule has 2 atom stereocenters. The molecule has 1 aliphatic carbocycles. The molecule has 1 spiro atoms. The second kappa shape index (κ2) is 8.10. The van der Waals surface area contributed by atoms with Crippen molar-refractivity contribution in [2.24, 2.45) is 5.41 Å². The number of benzene rings is 1. The van der Waals surface area contributed by atoms with Crippen molar-refractivity contribution in [1.29, 1.82) is 0 Å². The fourth-order valence-corrected chi connectivity index (χ4v) is 6.27. The highest BCUT2D eigenvalue weighted by atomic mass is 16.5. The SMILES string of the molecule is c1ccc(C2CCN(C3CCC4(C3)CN(c3nnco3)C4)CC2)c(OC2CCOC2)c1. The Balaban J connectivity index is 1.04. The molecule has 166 valence electrons. The van der Waals surface area contributed by atoms with Crippen LogP contribution >= 0.6 is 0 Å². The summed E-state index contributed by atoms with van der Waals surface area (Å²) < 4.78 is 17.2. The predicted molar refractivity (Wildman–Crippen MR) is 116 cm³/mol. The maximum Gasteiger partial charge on any atom is 0.317 e. The van der Waals surface area contributed by atoms with Gasteiger partial charge in [-0.05, 0) is 62.7 Å². The summed E-state index contributed by atoms with van der Waals surface area (Å²) in [6.07, 6.45) is 9.03. The number of hydrogen-bond acceptors (Lipinski definition) is 7. The third-order valence-electron chi connectivity index (χ3n) is 7.93. The van der Waals surface area contributed by atoms with Crippen molar-refractivity contribution < 1.29 is 13.9 Å². The summed E-state index contributed by atoms with van der Waals surface area (Å²) in [6.45, 7) is 6.07. The lowest BCUT2D eigenvalue weighted by Gasteiger charge is -2.48. The number of rotatable bonds is 5. The van der Waals surface area contributed by atoms with E-state index in [1.54, 1.807) is 0 Å². The van der Waals surface area contributed by atoms with E-state index in [-0.39, 0.29) is 6.10 Å². The quantitative estimate of drug-likeness (QED) is 0.728. The minimum Gasteiger partial charge on any atom is -0.488 e. The molecule has 0 bridgehead atoms. The summed E-state index contributed by atoms with van der Waals surface area (Å²) in [6, 6.07) is 10.1. The molecule has 0 amide bonds. The summed E-state index contributed by atoms with van der Waals surface area (Å²) in [5.74, 6) is 1.67. The molecule has 4 fully saturated rings. The molecule has 4 heterocycles. The normalized spacial score (nSPS) is 28.8. The van der Waals surface area contributed by atoms with Gasteiger partial charge in [-0.3, -0.25) is 0 Å². The van der Waals surface area contributed by atoms with Gasteiger partial charge in [-0.1, -0.05) is 23.3 Å². The van der Waals surface area contributed by atoms with E-state index in [4.69, 9.17) is 13.9 Å². The summed E-state index contributed by atoms with van der Waals surface area (Å²) in [4.78, 5) is 4.99. The summed E-state index contributed by atoms with van der Waals surface area (Å²) in [7, 11) is 0. The minimum atomic E-state index is 0.213. The number of nitrogens with zero attached hydrogens (tertiary/aromatic N) is 4. The molecule has 7 nitrogen and oxygen atoms in total. The van der Waals surface area contributed by atoms with E-state index < -0.39 is 0 Å². The highest BCUT2D eigenvalue weighted by Crippen LogP contribution is 2.49. The number of anilines is 1. The molecule has 6 rings (SSSR count). The maximum atomic E-state index is 6.32. The Kier molecular flexibility index (Phi) is 5.11. The molecule has 0 N–H and O–H groups in total. The second-order valence-corrected chi connectivity index (χ2v) is 9.93. The first-order valence-corrected chi connectivity index (χ1v) is 11.9.